The van der Waals surface area contributed by atoms with E-state index in [1.54, 1.807) is 0 Å². The molecule has 0 radical (unpaired) electrons. The number of amidine groups is 1. The van der Waals surface area contributed by atoms with E-state index in [-0.39, 0.29) is 71.3 Å². The average molecular weight is 624 g/mol. The second-order valence-corrected chi connectivity index (χ2v) is 14.2. The van der Waals surface area contributed by atoms with Gasteiger partial charge in [-0.2, -0.15) is 5.26 Å². The van der Waals surface area contributed by atoms with E-state index in [2.05, 4.69) is 11.0 Å². The number of carboxylic acid groups (broad SMARTS) is 2. The second kappa shape index (κ2) is 10.3. The third kappa shape index (κ3) is 4.46. The second-order valence-electron chi connectivity index (χ2n) is 14.2. The molecule has 0 aromatic carbocycles. The van der Waals surface area contributed by atoms with Crippen LogP contribution in [-0.4, -0.2) is 76.6 Å². The maximum atomic E-state index is 15.4. The smallest absolute Gasteiger partial charge is 0.303 e. The molecule has 45 heavy (non-hydrogen) atoms. The van der Waals surface area contributed by atoms with Gasteiger partial charge in [0.25, 0.3) is 5.92 Å². The lowest BCUT2D eigenvalue weighted by molar-refractivity contribution is -0.176. The average Bonchev–Trinajstić information content (AvgIpc) is 3.53. The molecule has 13 heteroatoms. The molecule has 2 bridgehead atoms. The number of nitrogens with one attached hydrogen (secondary N) is 1. The molecule has 0 amide bonds. The summed E-state index contributed by atoms with van der Waals surface area (Å²) in [6.45, 7) is 4.43. The molecule has 240 valence electrons. The molecule has 8 rings (SSSR count). The molecular formula is C32H39F2N7O4. The highest BCUT2D eigenvalue weighted by Crippen LogP contribution is 2.64. The van der Waals surface area contributed by atoms with E-state index < -0.39 is 24.3 Å². The Kier molecular flexibility index (Phi) is 6.80. The maximum absolute atomic E-state index is 15.4. The molecule has 3 aliphatic carbocycles. The molecule has 5 unspecified atom stereocenters. The molecule has 4 saturated heterocycles. The summed E-state index contributed by atoms with van der Waals surface area (Å²) in [5, 5.41) is 38.2. The lowest BCUT2D eigenvalue weighted by Crippen LogP contribution is -2.74. The number of aliphatic carboxylic acids is 2. The molecule has 11 nitrogen and oxygen atoms in total. The van der Waals surface area contributed by atoms with E-state index in [1.165, 1.54) is 0 Å². The number of halogens is 2. The third-order valence-electron chi connectivity index (χ3n) is 11.8. The number of anilines is 2. The van der Waals surface area contributed by atoms with Gasteiger partial charge in [0.15, 0.2) is 0 Å². The fourth-order valence-electron chi connectivity index (χ4n) is 9.56. The molecule has 5 heterocycles. The first kappa shape index (κ1) is 29.7. The number of nitrogens with two attached hydrogens (primary N) is 1. The minimum Gasteiger partial charge on any atom is -0.481 e. The summed E-state index contributed by atoms with van der Waals surface area (Å²) in [7, 11) is 0. The zero-order valence-corrected chi connectivity index (χ0v) is 25.4. The molecular weight excluding hydrogens is 584 g/mol. The largest absolute Gasteiger partial charge is 0.481 e. The molecule has 1 saturated carbocycles. The molecule has 1 aromatic rings. The number of alkyl halides is 2. The predicted molar refractivity (Wildman–Crippen MR) is 160 cm³/mol. The fraction of sp³-hybridized carbons (Fsp3) is 0.656. The minimum atomic E-state index is -3.17. The number of rotatable bonds is 8. The number of nitriles is 1. The van der Waals surface area contributed by atoms with Gasteiger partial charge < -0.3 is 30.6 Å². The van der Waals surface area contributed by atoms with Crippen molar-refractivity contribution < 1.29 is 28.6 Å². The van der Waals surface area contributed by atoms with Crippen LogP contribution in [0.15, 0.2) is 11.3 Å². The number of pyridine rings is 1. The first-order valence-electron chi connectivity index (χ1n) is 16.0. The zero-order chi connectivity index (χ0) is 32.0. The molecule has 4 aliphatic heterocycles. The Hall–Kier alpha value is -3.95. The van der Waals surface area contributed by atoms with Gasteiger partial charge in [-0.1, -0.05) is 0 Å². The van der Waals surface area contributed by atoms with Crippen LogP contribution in [0.2, 0.25) is 0 Å². The van der Waals surface area contributed by atoms with E-state index >= 15 is 8.78 Å². The highest BCUT2D eigenvalue weighted by Gasteiger charge is 2.66. The topological polar surface area (TPSA) is 171 Å². The van der Waals surface area contributed by atoms with E-state index in [4.69, 9.17) is 16.1 Å². The zero-order valence-electron chi connectivity index (χ0n) is 25.4. The highest BCUT2D eigenvalue weighted by molar-refractivity contribution is 5.97. The van der Waals surface area contributed by atoms with Gasteiger partial charge in [-0.3, -0.25) is 15.0 Å². The first-order valence-corrected chi connectivity index (χ1v) is 16.0. The summed E-state index contributed by atoms with van der Waals surface area (Å²) in [5.74, 6) is -3.81. The molecule has 5 atom stereocenters. The van der Waals surface area contributed by atoms with Gasteiger partial charge in [-0.25, -0.2) is 13.8 Å². The number of hydrogen-bond acceptors (Lipinski definition) is 8. The number of carboxylic acids is 2. The van der Waals surface area contributed by atoms with Crippen LogP contribution in [0.25, 0.3) is 0 Å². The normalized spacial score (nSPS) is 31.6. The van der Waals surface area contributed by atoms with Crippen LogP contribution in [-0.2, 0) is 21.9 Å². The Bertz CT molecular complexity index is 1570. The van der Waals surface area contributed by atoms with Crippen molar-refractivity contribution in [1.82, 2.24) is 9.88 Å². The van der Waals surface area contributed by atoms with Crippen LogP contribution in [0.4, 0.5) is 20.4 Å². The van der Waals surface area contributed by atoms with Crippen LogP contribution < -0.4 is 15.5 Å². The fourth-order valence-corrected chi connectivity index (χ4v) is 9.56. The Balaban J connectivity index is 1.19. The Labute approximate surface area is 260 Å². The number of carbonyl (C=O) groups is 2. The lowest BCUT2D eigenvalue weighted by atomic mass is 9.43. The number of piperidine rings is 2. The van der Waals surface area contributed by atoms with Gasteiger partial charge in [0.1, 0.15) is 29.1 Å². The van der Waals surface area contributed by atoms with Crippen LogP contribution in [0.1, 0.15) is 68.6 Å². The quantitative estimate of drug-likeness (QED) is 0.248. The Morgan fingerprint density at radius 2 is 1.84 bits per heavy atom. The summed E-state index contributed by atoms with van der Waals surface area (Å²) in [6, 6.07) is 1.86. The Morgan fingerprint density at radius 3 is 2.47 bits per heavy atom. The van der Waals surface area contributed by atoms with Crippen molar-refractivity contribution in [3.8, 4) is 6.07 Å². The van der Waals surface area contributed by atoms with Crippen molar-refractivity contribution in [3.05, 3.63) is 28.0 Å². The van der Waals surface area contributed by atoms with E-state index in [9.17, 15) is 25.1 Å². The van der Waals surface area contributed by atoms with E-state index in [1.807, 2.05) is 16.7 Å². The van der Waals surface area contributed by atoms with Gasteiger partial charge in [0, 0.05) is 85.8 Å². The number of aromatic nitrogens is 1. The number of fused-ring (bicyclic) bond motifs is 3. The van der Waals surface area contributed by atoms with Crippen molar-refractivity contribution in [2.24, 2.45) is 34.8 Å². The van der Waals surface area contributed by atoms with Gasteiger partial charge in [0.05, 0.1) is 6.42 Å². The summed E-state index contributed by atoms with van der Waals surface area (Å²) in [5.41, 5.74) is 7.53. The van der Waals surface area contributed by atoms with Gasteiger partial charge >= 0.3 is 11.9 Å². The Morgan fingerprint density at radius 1 is 1.11 bits per heavy atom. The lowest BCUT2D eigenvalue weighted by Gasteiger charge is -2.70. The maximum Gasteiger partial charge on any atom is 0.303 e. The summed E-state index contributed by atoms with van der Waals surface area (Å²) >= 11 is 0. The van der Waals surface area contributed by atoms with E-state index in [0.29, 0.717) is 49.9 Å². The molecule has 0 spiro atoms. The number of allylic oxidation sites excluding steroid dienone is 1. The van der Waals surface area contributed by atoms with Crippen molar-refractivity contribution in [2.75, 3.05) is 42.5 Å². The molecule has 5 fully saturated rings. The van der Waals surface area contributed by atoms with Crippen molar-refractivity contribution >= 4 is 29.4 Å². The van der Waals surface area contributed by atoms with Crippen LogP contribution in [0.5, 0.6) is 0 Å². The van der Waals surface area contributed by atoms with E-state index in [0.717, 1.165) is 37.0 Å². The minimum absolute atomic E-state index is 0.00176. The summed E-state index contributed by atoms with van der Waals surface area (Å²) in [6.07, 6.45) is 3.07. The first-order chi connectivity index (χ1) is 21.3. The van der Waals surface area contributed by atoms with Crippen molar-refractivity contribution in [1.29, 1.82) is 10.7 Å². The predicted octanol–water partition coefficient (Wildman–Crippen LogP) is 3.51. The number of nitrogens with zero attached hydrogens (tertiary/aromatic N) is 5. The van der Waals surface area contributed by atoms with Crippen LogP contribution in [0.3, 0.4) is 0 Å². The molecule has 7 aliphatic rings. The van der Waals surface area contributed by atoms with Gasteiger partial charge in [0.2, 0.25) is 0 Å². The summed E-state index contributed by atoms with van der Waals surface area (Å²) in [4.78, 5) is 33.9. The molecule has 1 aromatic heterocycles. The van der Waals surface area contributed by atoms with Gasteiger partial charge in [-0.15, -0.1) is 0 Å². The third-order valence-corrected chi connectivity index (χ3v) is 11.8. The van der Waals surface area contributed by atoms with Crippen LogP contribution in [0, 0.1) is 45.8 Å². The SMILES string of the molecule is CC1C(C23CC(CN(C(=N)C4=C(N)CCC4)C2)C3CC(=O)O)CN1c1nc(N2CC(CC(=O)O)C2)c2c(c1C#N)C(F)(F)CC2. The number of hydrogen-bond donors (Lipinski definition) is 4. The van der Waals surface area contributed by atoms with Crippen molar-refractivity contribution in [3.63, 3.8) is 0 Å². The standard InChI is InChI=1S/C32H39F2N7O4/c1-16-23(31-9-18(22(31)8-26(44)45)13-40(15-31)28(37)19-3-2-4-24(19)36)14-41(16)30-21(10-35)27-20(5-6-32(27,33)34)29(38-30)39-11-17(12-39)7-25(42)43/h16-18,22-23,37H,2-9,11-15,36H2,1H3,(H,42,43)(H,44,45). The summed E-state index contributed by atoms with van der Waals surface area (Å²) < 4.78 is 30.7. The monoisotopic (exact) mass is 623 g/mol. The van der Waals surface area contributed by atoms with Crippen LogP contribution >= 0.6 is 0 Å². The molecule has 5 N–H and O–H groups in total. The van der Waals surface area contributed by atoms with Gasteiger partial charge in [-0.05, 0) is 56.3 Å². The highest BCUT2D eigenvalue weighted by atomic mass is 19.3. The van der Waals surface area contributed by atoms with Crippen molar-refractivity contribution in [2.45, 2.75) is 70.3 Å².